The zero-order valence-corrected chi connectivity index (χ0v) is 10.9. The standard InChI is InChI=1S/C12H11BrO2S/c13-10-5-6-16-12(10)8-15-11-4-2-1-3-9(11)7-14/h1-6,14H,7-8H2. The second-order valence-electron chi connectivity index (χ2n) is 3.25. The van der Waals surface area contributed by atoms with Crippen LogP contribution >= 0.6 is 27.3 Å². The van der Waals surface area contributed by atoms with Crippen LogP contribution in [0.2, 0.25) is 0 Å². The van der Waals surface area contributed by atoms with Gasteiger partial charge in [0, 0.05) is 10.0 Å². The number of aliphatic hydroxyl groups excluding tert-OH is 1. The first-order valence-electron chi connectivity index (χ1n) is 4.84. The van der Waals surface area contributed by atoms with Crippen molar-refractivity contribution in [1.82, 2.24) is 0 Å². The molecule has 16 heavy (non-hydrogen) atoms. The predicted molar refractivity (Wildman–Crippen MR) is 68.7 cm³/mol. The Bertz CT molecular complexity index is 468. The molecular weight excluding hydrogens is 288 g/mol. The minimum absolute atomic E-state index is 0.00177. The summed E-state index contributed by atoms with van der Waals surface area (Å²) in [6, 6.07) is 9.52. The number of benzene rings is 1. The number of halogens is 1. The van der Waals surface area contributed by atoms with Crippen LogP contribution in [0.5, 0.6) is 5.75 Å². The van der Waals surface area contributed by atoms with E-state index >= 15 is 0 Å². The Kier molecular flexibility index (Phi) is 3.98. The van der Waals surface area contributed by atoms with Crippen molar-refractivity contribution in [2.75, 3.05) is 0 Å². The molecule has 0 amide bonds. The molecule has 2 rings (SSSR count). The number of hydrogen-bond acceptors (Lipinski definition) is 3. The highest BCUT2D eigenvalue weighted by Gasteiger charge is 2.05. The van der Waals surface area contributed by atoms with Gasteiger partial charge < -0.3 is 9.84 Å². The highest BCUT2D eigenvalue weighted by atomic mass is 79.9. The molecule has 2 aromatic rings. The summed E-state index contributed by atoms with van der Waals surface area (Å²) in [5.74, 6) is 0.741. The molecule has 0 radical (unpaired) electrons. The minimum Gasteiger partial charge on any atom is -0.488 e. The van der Waals surface area contributed by atoms with Crippen LogP contribution in [0.3, 0.4) is 0 Å². The van der Waals surface area contributed by atoms with Crippen LogP contribution < -0.4 is 4.74 Å². The molecule has 1 aromatic carbocycles. The van der Waals surface area contributed by atoms with Crippen LogP contribution in [0.25, 0.3) is 0 Å². The maximum atomic E-state index is 9.14. The van der Waals surface area contributed by atoms with Crippen molar-refractivity contribution < 1.29 is 9.84 Å². The summed E-state index contributed by atoms with van der Waals surface area (Å²) in [6.07, 6.45) is 0. The molecule has 0 aliphatic rings. The molecule has 1 heterocycles. The summed E-state index contributed by atoms with van der Waals surface area (Å²) >= 11 is 5.10. The van der Waals surface area contributed by atoms with E-state index < -0.39 is 0 Å². The van der Waals surface area contributed by atoms with Crippen molar-refractivity contribution in [1.29, 1.82) is 0 Å². The fourth-order valence-electron chi connectivity index (χ4n) is 1.35. The van der Waals surface area contributed by atoms with Gasteiger partial charge in [-0.1, -0.05) is 18.2 Å². The summed E-state index contributed by atoms with van der Waals surface area (Å²) in [7, 11) is 0. The Morgan fingerprint density at radius 1 is 1.25 bits per heavy atom. The number of thiophene rings is 1. The van der Waals surface area contributed by atoms with Crippen LogP contribution in [-0.2, 0) is 13.2 Å². The molecule has 0 atom stereocenters. The molecule has 0 aliphatic heterocycles. The van der Waals surface area contributed by atoms with Gasteiger partial charge in [0.1, 0.15) is 12.4 Å². The third-order valence-electron chi connectivity index (χ3n) is 2.19. The maximum absolute atomic E-state index is 9.14. The summed E-state index contributed by atoms with van der Waals surface area (Å²) in [4.78, 5) is 1.15. The van der Waals surface area contributed by atoms with E-state index in [-0.39, 0.29) is 6.61 Å². The molecular formula is C12H11BrO2S. The van der Waals surface area contributed by atoms with Gasteiger partial charge in [0.15, 0.2) is 0 Å². The molecule has 1 N–H and O–H groups in total. The molecule has 0 fully saturated rings. The van der Waals surface area contributed by atoms with Crippen LogP contribution in [0.1, 0.15) is 10.4 Å². The fraction of sp³-hybridized carbons (Fsp3) is 0.167. The van der Waals surface area contributed by atoms with Gasteiger partial charge in [0.25, 0.3) is 0 Å². The topological polar surface area (TPSA) is 29.5 Å². The van der Waals surface area contributed by atoms with Gasteiger partial charge in [-0.25, -0.2) is 0 Å². The number of aliphatic hydroxyl groups is 1. The molecule has 0 aliphatic carbocycles. The third-order valence-corrected chi connectivity index (χ3v) is 4.09. The van der Waals surface area contributed by atoms with Gasteiger partial charge in [-0.15, -0.1) is 11.3 Å². The molecule has 2 nitrogen and oxygen atoms in total. The SMILES string of the molecule is OCc1ccccc1OCc1sccc1Br. The maximum Gasteiger partial charge on any atom is 0.125 e. The van der Waals surface area contributed by atoms with Crippen LogP contribution in [0.4, 0.5) is 0 Å². The van der Waals surface area contributed by atoms with Crippen LogP contribution in [0, 0.1) is 0 Å². The van der Waals surface area contributed by atoms with Crippen molar-refractivity contribution in [3.05, 3.63) is 50.6 Å². The van der Waals surface area contributed by atoms with E-state index in [9.17, 15) is 0 Å². The van der Waals surface area contributed by atoms with Crippen molar-refractivity contribution in [2.24, 2.45) is 0 Å². The van der Waals surface area contributed by atoms with Gasteiger partial charge in [-0.2, -0.15) is 0 Å². The summed E-state index contributed by atoms with van der Waals surface area (Å²) in [5, 5.41) is 11.2. The van der Waals surface area contributed by atoms with Gasteiger partial charge in [0.05, 0.1) is 11.5 Å². The van der Waals surface area contributed by atoms with Crippen LogP contribution in [0.15, 0.2) is 40.2 Å². The second kappa shape index (κ2) is 5.48. The normalized spacial score (nSPS) is 10.4. The minimum atomic E-state index is 0.00177. The Labute approximate surface area is 107 Å². The lowest BCUT2D eigenvalue weighted by atomic mass is 10.2. The monoisotopic (exact) mass is 298 g/mol. The molecule has 0 unspecified atom stereocenters. The van der Waals surface area contributed by atoms with E-state index in [2.05, 4.69) is 15.9 Å². The third kappa shape index (κ3) is 2.64. The average molecular weight is 299 g/mol. The quantitative estimate of drug-likeness (QED) is 0.935. The lowest BCUT2D eigenvalue weighted by molar-refractivity contribution is 0.260. The van der Waals surface area contributed by atoms with Crippen LogP contribution in [-0.4, -0.2) is 5.11 Å². The molecule has 0 saturated carbocycles. The van der Waals surface area contributed by atoms with E-state index in [0.717, 1.165) is 20.7 Å². The molecule has 0 bridgehead atoms. The molecule has 0 saturated heterocycles. The van der Waals surface area contributed by atoms with Gasteiger partial charge in [-0.05, 0) is 33.4 Å². The first-order chi connectivity index (χ1) is 7.81. The Balaban J connectivity index is 2.07. The lowest BCUT2D eigenvalue weighted by Crippen LogP contribution is -1.97. The van der Waals surface area contributed by atoms with Gasteiger partial charge >= 0.3 is 0 Å². The van der Waals surface area contributed by atoms with E-state index in [1.54, 1.807) is 11.3 Å². The number of hydrogen-bond donors (Lipinski definition) is 1. The van der Waals surface area contributed by atoms with Gasteiger partial charge in [-0.3, -0.25) is 0 Å². The summed E-state index contributed by atoms with van der Waals surface area (Å²) in [5.41, 5.74) is 0.815. The first kappa shape index (κ1) is 11.6. The lowest BCUT2D eigenvalue weighted by Gasteiger charge is -2.08. The van der Waals surface area contributed by atoms with Crippen molar-refractivity contribution in [3.8, 4) is 5.75 Å². The largest absolute Gasteiger partial charge is 0.488 e. The summed E-state index contributed by atoms with van der Waals surface area (Å²) in [6.45, 7) is 0.525. The highest BCUT2D eigenvalue weighted by molar-refractivity contribution is 9.10. The van der Waals surface area contributed by atoms with Crippen molar-refractivity contribution in [3.63, 3.8) is 0 Å². The molecule has 1 aromatic heterocycles. The van der Waals surface area contributed by atoms with E-state index in [1.807, 2.05) is 35.7 Å². The number of ether oxygens (including phenoxy) is 1. The zero-order valence-electron chi connectivity index (χ0n) is 8.52. The van der Waals surface area contributed by atoms with Crippen molar-refractivity contribution >= 4 is 27.3 Å². The number of para-hydroxylation sites is 1. The van der Waals surface area contributed by atoms with Gasteiger partial charge in [0.2, 0.25) is 0 Å². The number of rotatable bonds is 4. The highest BCUT2D eigenvalue weighted by Crippen LogP contribution is 2.25. The molecule has 0 spiro atoms. The zero-order chi connectivity index (χ0) is 11.4. The van der Waals surface area contributed by atoms with E-state index in [1.165, 1.54) is 0 Å². The first-order valence-corrected chi connectivity index (χ1v) is 6.52. The predicted octanol–water partition coefficient (Wildman–Crippen LogP) is 3.58. The van der Waals surface area contributed by atoms with E-state index in [4.69, 9.17) is 9.84 Å². The Morgan fingerprint density at radius 2 is 2.06 bits per heavy atom. The Hall–Kier alpha value is -0.840. The van der Waals surface area contributed by atoms with Crippen molar-refractivity contribution in [2.45, 2.75) is 13.2 Å². The second-order valence-corrected chi connectivity index (χ2v) is 5.10. The fourth-order valence-corrected chi connectivity index (χ4v) is 2.72. The average Bonchev–Trinajstić information content (AvgIpc) is 2.72. The summed E-state index contributed by atoms with van der Waals surface area (Å²) < 4.78 is 6.74. The smallest absolute Gasteiger partial charge is 0.125 e. The van der Waals surface area contributed by atoms with E-state index in [0.29, 0.717) is 6.61 Å². The Morgan fingerprint density at radius 3 is 2.75 bits per heavy atom. The molecule has 4 heteroatoms. The molecule has 84 valence electrons.